The molecule has 1 aromatic heterocycles. The molecule has 0 aromatic carbocycles. The maximum absolute atomic E-state index is 11.8. The van der Waals surface area contributed by atoms with Gasteiger partial charge in [-0.25, -0.2) is 9.97 Å². The molecule has 1 rings (SSSR count). The first-order valence-electron chi connectivity index (χ1n) is 4.78. The van der Waals surface area contributed by atoms with Crippen LogP contribution in [0.15, 0.2) is 18.7 Å². The molecule has 0 spiro atoms. The lowest BCUT2D eigenvalue weighted by Crippen LogP contribution is -2.23. The third-order valence-electron chi connectivity index (χ3n) is 2.14. The standard InChI is InChI=1S/C10H15N3O/c1-2-3-8(4-11)10(14)9-5-12-7-13-6-9/h5-8H,2-4,11H2,1H3. The summed E-state index contributed by atoms with van der Waals surface area (Å²) >= 11 is 0. The Bertz CT molecular complexity index is 287. The molecule has 0 amide bonds. The zero-order valence-corrected chi connectivity index (χ0v) is 8.31. The molecule has 0 fully saturated rings. The number of ketones is 1. The summed E-state index contributed by atoms with van der Waals surface area (Å²) in [5.41, 5.74) is 6.09. The fraction of sp³-hybridized carbons (Fsp3) is 0.500. The van der Waals surface area contributed by atoms with Gasteiger partial charge < -0.3 is 5.73 Å². The lowest BCUT2D eigenvalue weighted by molar-refractivity contribution is 0.0916. The van der Waals surface area contributed by atoms with Crippen LogP contribution < -0.4 is 5.73 Å². The van der Waals surface area contributed by atoms with Crippen molar-refractivity contribution in [2.45, 2.75) is 19.8 Å². The third-order valence-corrected chi connectivity index (χ3v) is 2.14. The maximum Gasteiger partial charge on any atom is 0.170 e. The average molecular weight is 193 g/mol. The van der Waals surface area contributed by atoms with Crippen molar-refractivity contribution in [2.75, 3.05) is 6.54 Å². The van der Waals surface area contributed by atoms with E-state index in [0.717, 1.165) is 12.8 Å². The first-order chi connectivity index (χ1) is 6.79. The number of carbonyl (C=O) groups excluding carboxylic acids is 1. The van der Waals surface area contributed by atoms with E-state index in [0.29, 0.717) is 12.1 Å². The summed E-state index contributed by atoms with van der Waals surface area (Å²) in [6, 6.07) is 0. The summed E-state index contributed by atoms with van der Waals surface area (Å²) in [4.78, 5) is 19.4. The number of rotatable bonds is 5. The second kappa shape index (κ2) is 5.44. The quantitative estimate of drug-likeness (QED) is 0.709. The Kier molecular flexibility index (Phi) is 4.19. The van der Waals surface area contributed by atoms with Gasteiger partial charge in [-0.2, -0.15) is 0 Å². The highest BCUT2D eigenvalue weighted by Gasteiger charge is 2.17. The Morgan fingerprint density at radius 2 is 2.14 bits per heavy atom. The monoisotopic (exact) mass is 193 g/mol. The van der Waals surface area contributed by atoms with E-state index in [-0.39, 0.29) is 11.7 Å². The van der Waals surface area contributed by atoms with Crippen molar-refractivity contribution < 1.29 is 4.79 Å². The minimum Gasteiger partial charge on any atom is -0.330 e. The first kappa shape index (κ1) is 10.8. The van der Waals surface area contributed by atoms with Crippen molar-refractivity contribution in [3.63, 3.8) is 0 Å². The van der Waals surface area contributed by atoms with E-state index >= 15 is 0 Å². The summed E-state index contributed by atoms with van der Waals surface area (Å²) in [6.45, 7) is 2.43. The molecule has 2 N–H and O–H groups in total. The van der Waals surface area contributed by atoms with E-state index < -0.39 is 0 Å². The molecule has 0 aliphatic carbocycles. The topological polar surface area (TPSA) is 68.9 Å². The number of aromatic nitrogens is 2. The molecule has 0 saturated heterocycles. The summed E-state index contributed by atoms with van der Waals surface area (Å²) in [5.74, 6) is -0.0408. The van der Waals surface area contributed by atoms with Gasteiger partial charge in [-0.15, -0.1) is 0 Å². The highest BCUT2D eigenvalue weighted by atomic mass is 16.1. The zero-order valence-electron chi connectivity index (χ0n) is 8.31. The van der Waals surface area contributed by atoms with Crippen LogP contribution >= 0.6 is 0 Å². The number of hydrogen-bond acceptors (Lipinski definition) is 4. The van der Waals surface area contributed by atoms with Crippen LogP contribution in [0.4, 0.5) is 0 Å². The molecule has 0 bridgehead atoms. The van der Waals surface area contributed by atoms with Crippen molar-refractivity contribution in [3.05, 3.63) is 24.3 Å². The van der Waals surface area contributed by atoms with E-state index in [4.69, 9.17) is 5.73 Å². The molecule has 0 aliphatic rings. The van der Waals surface area contributed by atoms with Crippen molar-refractivity contribution >= 4 is 5.78 Å². The van der Waals surface area contributed by atoms with Gasteiger partial charge in [-0.05, 0) is 6.42 Å². The SMILES string of the molecule is CCCC(CN)C(=O)c1cncnc1. The third kappa shape index (κ3) is 2.60. The van der Waals surface area contributed by atoms with Gasteiger partial charge in [0.25, 0.3) is 0 Å². The highest BCUT2D eigenvalue weighted by molar-refractivity contribution is 5.97. The van der Waals surface area contributed by atoms with Gasteiger partial charge in [0, 0.05) is 24.9 Å². The van der Waals surface area contributed by atoms with Gasteiger partial charge in [-0.1, -0.05) is 13.3 Å². The first-order valence-corrected chi connectivity index (χ1v) is 4.78. The van der Waals surface area contributed by atoms with Crippen LogP contribution in [-0.2, 0) is 0 Å². The molecular weight excluding hydrogens is 178 g/mol. The molecule has 1 aromatic rings. The Morgan fingerprint density at radius 3 is 2.64 bits per heavy atom. The van der Waals surface area contributed by atoms with Gasteiger partial charge >= 0.3 is 0 Å². The fourth-order valence-corrected chi connectivity index (χ4v) is 1.37. The maximum atomic E-state index is 11.8. The smallest absolute Gasteiger partial charge is 0.170 e. The molecular formula is C10H15N3O. The number of hydrogen-bond donors (Lipinski definition) is 1. The molecule has 1 heterocycles. The fourth-order valence-electron chi connectivity index (χ4n) is 1.37. The lowest BCUT2D eigenvalue weighted by atomic mass is 9.95. The predicted octanol–water partition coefficient (Wildman–Crippen LogP) is 1.03. The Balaban J connectivity index is 2.73. The summed E-state index contributed by atoms with van der Waals surface area (Å²) < 4.78 is 0. The minimum atomic E-state index is -0.0917. The second-order valence-corrected chi connectivity index (χ2v) is 3.21. The number of nitrogens with zero attached hydrogens (tertiary/aromatic N) is 2. The molecule has 0 radical (unpaired) electrons. The van der Waals surface area contributed by atoms with E-state index in [1.807, 2.05) is 6.92 Å². The van der Waals surface area contributed by atoms with Gasteiger partial charge in [0.15, 0.2) is 5.78 Å². The van der Waals surface area contributed by atoms with Gasteiger partial charge in [0.2, 0.25) is 0 Å². The number of carbonyl (C=O) groups is 1. The Hall–Kier alpha value is -1.29. The summed E-state index contributed by atoms with van der Waals surface area (Å²) in [6.07, 6.45) is 6.26. The molecule has 1 atom stereocenters. The van der Waals surface area contributed by atoms with Gasteiger partial charge in [0.05, 0.1) is 5.56 Å². The predicted molar refractivity (Wildman–Crippen MR) is 53.8 cm³/mol. The van der Waals surface area contributed by atoms with Crippen LogP contribution in [0.25, 0.3) is 0 Å². The molecule has 14 heavy (non-hydrogen) atoms. The summed E-state index contributed by atoms with van der Waals surface area (Å²) in [5, 5.41) is 0. The van der Waals surface area contributed by atoms with Crippen LogP contribution in [0.3, 0.4) is 0 Å². The molecule has 0 saturated carbocycles. The van der Waals surface area contributed by atoms with Crippen LogP contribution in [-0.4, -0.2) is 22.3 Å². The van der Waals surface area contributed by atoms with Crippen molar-refractivity contribution in [1.29, 1.82) is 0 Å². The van der Waals surface area contributed by atoms with Crippen molar-refractivity contribution in [2.24, 2.45) is 11.7 Å². The van der Waals surface area contributed by atoms with E-state index in [9.17, 15) is 4.79 Å². The van der Waals surface area contributed by atoms with Crippen LogP contribution in [0, 0.1) is 5.92 Å². The molecule has 76 valence electrons. The second-order valence-electron chi connectivity index (χ2n) is 3.21. The highest BCUT2D eigenvalue weighted by Crippen LogP contribution is 2.11. The number of nitrogens with two attached hydrogens (primary N) is 1. The normalized spacial score (nSPS) is 12.4. The average Bonchev–Trinajstić information content (AvgIpc) is 2.26. The number of Topliss-reactive ketones (excluding diaryl/α,β-unsaturated/α-hetero) is 1. The Morgan fingerprint density at radius 1 is 1.50 bits per heavy atom. The summed E-state index contributed by atoms with van der Waals surface area (Å²) in [7, 11) is 0. The van der Waals surface area contributed by atoms with Gasteiger partial charge in [0.1, 0.15) is 6.33 Å². The van der Waals surface area contributed by atoms with E-state index in [2.05, 4.69) is 9.97 Å². The zero-order chi connectivity index (χ0) is 10.4. The molecule has 0 aliphatic heterocycles. The van der Waals surface area contributed by atoms with Gasteiger partial charge in [-0.3, -0.25) is 4.79 Å². The van der Waals surface area contributed by atoms with E-state index in [1.54, 1.807) is 0 Å². The van der Waals surface area contributed by atoms with Crippen LogP contribution in [0.2, 0.25) is 0 Å². The van der Waals surface area contributed by atoms with Crippen molar-refractivity contribution in [3.8, 4) is 0 Å². The minimum absolute atomic E-state index is 0.0509. The molecule has 4 nitrogen and oxygen atoms in total. The van der Waals surface area contributed by atoms with Crippen molar-refractivity contribution in [1.82, 2.24) is 9.97 Å². The largest absolute Gasteiger partial charge is 0.330 e. The van der Waals surface area contributed by atoms with Crippen LogP contribution in [0.1, 0.15) is 30.1 Å². The molecule has 1 unspecified atom stereocenters. The van der Waals surface area contributed by atoms with E-state index in [1.165, 1.54) is 18.7 Å². The van der Waals surface area contributed by atoms with Crippen LogP contribution in [0.5, 0.6) is 0 Å². The lowest BCUT2D eigenvalue weighted by Gasteiger charge is -2.11. The Labute approximate surface area is 83.6 Å². The molecule has 4 heteroatoms.